The molecule has 1 aliphatic heterocycles. The van der Waals surface area contributed by atoms with E-state index >= 15 is 0 Å². The summed E-state index contributed by atoms with van der Waals surface area (Å²) in [4.78, 5) is 0. The molecule has 0 aromatic heterocycles. The minimum atomic E-state index is -0.421. The second-order valence-electron chi connectivity index (χ2n) is 4.81. The van der Waals surface area contributed by atoms with Crippen molar-refractivity contribution in [3.63, 3.8) is 0 Å². The van der Waals surface area contributed by atoms with Crippen molar-refractivity contribution in [2.45, 2.75) is 31.3 Å². The molecule has 0 aromatic rings. The highest BCUT2D eigenvalue weighted by atomic mass is 32.2. The Hall–Kier alpha value is 0.01000. The third-order valence-corrected chi connectivity index (χ3v) is 4.58. The lowest BCUT2D eigenvalue weighted by Gasteiger charge is -2.24. The van der Waals surface area contributed by atoms with Gasteiger partial charge in [-0.25, -0.2) is 0 Å². The van der Waals surface area contributed by atoms with Gasteiger partial charge in [0.25, 0.3) is 0 Å². The molecule has 2 aliphatic rings. The van der Waals surface area contributed by atoms with Crippen molar-refractivity contribution in [1.82, 2.24) is 5.32 Å². The topological polar surface area (TPSA) is 32.3 Å². The fourth-order valence-electron chi connectivity index (χ4n) is 2.29. The van der Waals surface area contributed by atoms with Crippen molar-refractivity contribution in [3.8, 4) is 0 Å². The second-order valence-corrected chi connectivity index (χ2v) is 5.91. The van der Waals surface area contributed by atoms with Crippen LogP contribution in [0.2, 0.25) is 0 Å². The minimum Gasteiger partial charge on any atom is -0.388 e. The summed E-state index contributed by atoms with van der Waals surface area (Å²) in [5.74, 6) is 2.81. The van der Waals surface area contributed by atoms with Crippen LogP contribution in [0.3, 0.4) is 0 Å². The van der Waals surface area contributed by atoms with Crippen molar-refractivity contribution in [2.24, 2.45) is 5.92 Å². The summed E-state index contributed by atoms with van der Waals surface area (Å²) in [7, 11) is 0. The van der Waals surface area contributed by atoms with Crippen LogP contribution in [-0.4, -0.2) is 35.3 Å². The van der Waals surface area contributed by atoms with Gasteiger partial charge in [-0.1, -0.05) is 12.2 Å². The number of aliphatic hydroxyl groups is 1. The van der Waals surface area contributed by atoms with E-state index in [1.807, 2.05) is 11.8 Å². The van der Waals surface area contributed by atoms with Gasteiger partial charge in [-0.15, -0.1) is 0 Å². The van der Waals surface area contributed by atoms with Gasteiger partial charge in [0.1, 0.15) is 0 Å². The number of rotatable bonds is 4. The SMILES string of the molecule is OC1(CNCC2CC=CCC2)CCSC1. The first-order valence-electron chi connectivity index (χ1n) is 5.94. The smallest absolute Gasteiger partial charge is 0.0869 e. The number of hydrogen-bond donors (Lipinski definition) is 2. The molecule has 3 heteroatoms. The van der Waals surface area contributed by atoms with Gasteiger partial charge in [0.15, 0.2) is 0 Å². The van der Waals surface area contributed by atoms with E-state index in [9.17, 15) is 5.11 Å². The summed E-state index contributed by atoms with van der Waals surface area (Å²) in [5.41, 5.74) is -0.421. The van der Waals surface area contributed by atoms with Crippen molar-refractivity contribution < 1.29 is 5.11 Å². The lowest BCUT2D eigenvalue weighted by molar-refractivity contribution is 0.0666. The highest BCUT2D eigenvalue weighted by molar-refractivity contribution is 7.99. The molecular weight excluding hydrogens is 206 g/mol. The third-order valence-electron chi connectivity index (χ3n) is 3.35. The molecule has 1 aliphatic carbocycles. The van der Waals surface area contributed by atoms with Gasteiger partial charge >= 0.3 is 0 Å². The number of allylic oxidation sites excluding steroid dienone is 2. The maximum Gasteiger partial charge on any atom is 0.0869 e. The van der Waals surface area contributed by atoms with Crippen molar-refractivity contribution in [1.29, 1.82) is 0 Å². The molecule has 2 rings (SSSR count). The highest BCUT2D eigenvalue weighted by Crippen LogP contribution is 2.27. The lowest BCUT2D eigenvalue weighted by Crippen LogP contribution is -2.42. The summed E-state index contributed by atoms with van der Waals surface area (Å²) in [6.45, 7) is 1.84. The van der Waals surface area contributed by atoms with E-state index in [0.717, 1.165) is 36.9 Å². The molecule has 0 saturated carbocycles. The molecule has 0 bridgehead atoms. The predicted molar refractivity (Wildman–Crippen MR) is 66.2 cm³/mol. The van der Waals surface area contributed by atoms with E-state index in [0.29, 0.717) is 0 Å². The molecule has 0 amide bonds. The fourth-order valence-corrected chi connectivity index (χ4v) is 3.58. The van der Waals surface area contributed by atoms with E-state index in [2.05, 4.69) is 17.5 Å². The van der Waals surface area contributed by atoms with Gasteiger partial charge < -0.3 is 10.4 Å². The minimum absolute atomic E-state index is 0.421. The summed E-state index contributed by atoms with van der Waals surface area (Å²) in [6, 6.07) is 0. The Labute approximate surface area is 96.5 Å². The van der Waals surface area contributed by atoms with E-state index < -0.39 is 5.60 Å². The van der Waals surface area contributed by atoms with Crippen molar-refractivity contribution in [2.75, 3.05) is 24.6 Å². The molecule has 2 unspecified atom stereocenters. The lowest BCUT2D eigenvalue weighted by atomic mass is 9.94. The molecule has 2 N–H and O–H groups in total. The molecule has 0 radical (unpaired) electrons. The van der Waals surface area contributed by atoms with Gasteiger partial charge in [0, 0.05) is 12.3 Å². The van der Waals surface area contributed by atoms with E-state index in [-0.39, 0.29) is 0 Å². The molecule has 2 atom stereocenters. The van der Waals surface area contributed by atoms with Gasteiger partial charge in [0.2, 0.25) is 0 Å². The Morgan fingerprint density at radius 2 is 2.40 bits per heavy atom. The summed E-state index contributed by atoms with van der Waals surface area (Å²) in [6.07, 6.45) is 9.26. The van der Waals surface area contributed by atoms with Crippen LogP contribution < -0.4 is 5.32 Å². The molecule has 0 aromatic carbocycles. The fraction of sp³-hybridized carbons (Fsp3) is 0.833. The molecule has 2 nitrogen and oxygen atoms in total. The predicted octanol–water partition coefficient (Wildman–Crippen LogP) is 1.80. The van der Waals surface area contributed by atoms with Crippen LogP contribution in [0.15, 0.2) is 12.2 Å². The Kier molecular flexibility index (Phi) is 4.12. The first kappa shape index (κ1) is 11.5. The Morgan fingerprint density at radius 1 is 1.47 bits per heavy atom. The van der Waals surface area contributed by atoms with Crippen LogP contribution in [0.4, 0.5) is 0 Å². The normalized spacial score (nSPS) is 35.9. The van der Waals surface area contributed by atoms with Gasteiger partial charge in [-0.05, 0) is 43.9 Å². The van der Waals surface area contributed by atoms with Gasteiger partial charge in [0.05, 0.1) is 5.60 Å². The highest BCUT2D eigenvalue weighted by Gasteiger charge is 2.31. The Bertz CT molecular complexity index is 224. The average Bonchev–Trinajstić information content (AvgIpc) is 2.67. The Morgan fingerprint density at radius 3 is 3.07 bits per heavy atom. The van der Waals surface area contributed by atoms with E-state index in [1.165, 1.54) is 19.3 Å². The van der Waals surface area contributed by atoms with Crippen LogP contribution >= 0.6 is 11.8 Å². The van der Waals surface area contributed by atoms with Crippen LogP contribution in [0.5, 0.6) is 0 Å². The molecule has 0 spiro atoms. The number of hydrogen-bond acceptors (Lipinski definition) is 3. The monoisotopic (exact) mass is 227 g/mol. The van der Waals surface area contributed by atoms with Crippen LogP contribution in [0.1, 0.15) is 25.7 Å². The maximum atomic E-state index is 10.1. The quantitative estimate of drug-likeness (QED) is 0.718. The molecule has 1 fully saturated rings. The molecule has 15 heavy (non-hydrogen) atoms. The zero-order valence-corrected chi connectivity index (χ0v) is 10.1. The largest absolute Gasteiger partial charge is 0.388 e. The maximum absolute atomic E-state index is 10.1. The molecule has 1 heterocycles. The van der Waals surface area contributed by atoms with Crippen LogP contribution in [-0.2, 0) is 0 Å². The van der Waals surface area contributed by atoms with Crippen LogP contribution in [0.25, 0.3) is 0 Å². The average molecular weight is 227 g/mol. The summed E-state index contributed by atoms with van der Waals surface area (Å²) in [5, 5.41) is 13.6. The van der Waals surface area contributed by atoms with Crippen LogP contribution in [0, 0.1) is 5.92 Å². The second kappa shape index (κ2) is 5.37. The van der Waals surface area contributed by atoms with E-state index in [4.69, 9.17) is 0 Å². The summed E-state index contributed by atoms with van der Waals surface area (Å²) < 4.78 is 0. The molecule has 86 valence electrons. The first-order valence-corrected chi connectivity index (χ1v) is 7.10. The van der Waals surface area contributed by atoms with Gasteiger partial charge in [-0.3, -0.25) is 0 Å². The van der Waals surface area contributed by atoms with Crippen molar-refractivity contribution >= 4 is 11.8 Å². The van der Waals surface area contributed by atoms with Crippen molar-refractivity contribution in [3.05, 3.63) is 12.2 Å². The Balaban J connectivity index is 1.63. The van der Waals surface area contributed by atoms with E-state index in [1.54, 1.807) is 0 Å². The number of thioether (sulfide) groups is 1. The zero-order valence-electron chi connectivity index (χ0n) is 9.24. The zero-order chi connectivity index (χ0) is 10.6. The molecule has 1 saturated heterocycles. The van der Waals surface area contributed by atoms with Gasteiger partial charge in [-0.2, -0.15) is 11.8 Å². The first-order chi connectivity index (χ1) is 7.29. The standard InChI is InChI=1S/C12H21NOS/c14-12(6-7-15-10-12)9-13-8-11-4-2-1-3-5-11/h1-2,11,13-14H,3-10H2. The molecular formula is C12H21NOS. The summed E-state index contributed by atoms with van der Waals surface area (Å²) >= 11 is 1.87. The third kappa shape index (κ3) is 3.51. The number of nitrogens with one attached hydrogen (secondary N) is 1.